The number of allylic oxidation sites excluding steroid dienone is 12. The van der Waals surface area contributed by atoms with Crippen LogP contribution in [0.3, 0.4) is 0 Å². The zero-order valence-corrected chi connectivity index (χ0v) is 36.4. The first-order chi connectivity index (χ1) is 27.7. The standard InChI is InChI=1S/C46H79O10P/c1-3-5-7-9-11-13-15-17-19-20-21-22-24-26-28-30-32-34-36-38-46(50)56-44(42-55-57(51,52)54-40-43(48)39-47)41-53-45(49)37-35-33-31-29-27-25-23-18-16-14-12-10-8-6-4-2/h11-14,17-19,21-23,26,28,43-44,47-48H,3-10,15-16,20,24-25,27,29-42H2,1-2H3,(H,51,52)/b13-11+,14-12+,19-17+,22-21+,23-18+,28-26+/t43-,44+/m0/s1. The number of aliphatic hydroxyl groups excluding tert-OH is 2. The third kappa shape index (κ3) is 41.4. The van der Waals surface area contributed by atoms with Crippen molar-refractivity contribution in [2.24, 2.45) is 0 Å². The fourth-order valence-electron chi connectivity index (χ4n) is 5.42. The molecule has 0 saturated carbocycles. The summed E-state index contributed by atoms with van der Waals surface area (Å²) in [7, 11) is -4.63. The second kappa shape index (κ2) is 41.6. The molecule has 0 spiro atoms. The van der Waals surface area contributed by atoms with Crippen molar-refractivity contribution in [2.45, 2.75) is 180 Å². The Kier molecular flexibility index (Phi) is 39.7. The molecular weight excluding hydrogens is 743 g/mol. The van der Waals surface area contributed by atoms with Gasteiger partial charge in [0.1, 0.15) is 12.7 Å². The predicted molar refractivity (Wildman–Crippen MR) is 233 cm³/mol. The number of carbonyl (C=O) groups excluding carboxylic acids is 2. The molecule has 11 heteroatoms. The Morgan fingerprint density at radius 1 is 0.526 bits per heavy atom. The molecule has 0 aromatic carbocycles. The van der Waals surface area contributed by atoms with Gasteiger partial charge in [-0.3, -0.25) is 18.6 Å². The number of hydrogen-bond acceptors (Lipinski definition) is 9. The highest BCUT2D eigenvalue weighted by molar-refractivity contribution is 7.47. The van der Waals surface area contributed by atoms with Crippen molar-refractivity contribution >= 4 is 19.8 Å². The van der Waals surface area contributed by atoms with Crippen LogP contribution in [0.1, 0.15) is 168 Å². The van der Waals surface area contributed by atoms with Gasteiger partial charge in [-0.25, -0.2) is 4.57 Å². The van der Waals surface area contributed by atoms with E-state index in [1.165, 1.54) is 44.9 Å². The Morgan fingerprint density at radius 3 is 1.39 bits per heavy atom. The van der Waals surface area contributed by atoms with Crippen molar-refractivity contribution in [2.75, 3.05) is 26.4 Å². The molecule has 0 saturated heterocycles. The minimum absolute atomic E-state index is 0.140. The van der Waals surface area contributed by atoms with E-state index in [1.807, 2.05) is 0 Å². The van der Waals surface area contributed by atoms with Crippen LogP contribution in [0.25, 0.3) is 0 Å². The van der Waals surface area contributed by atoms with E-state index in [2.05, 4.69) is 91.3 Å². The lowest BCUT2D eigenvalue weighted by Crippen LogP contribution is -2.29. The van der Waals surface area contributed by atoms with Crippen molar-refractivity contribution in [3.05, 3.63) is 72.9 Å². The molecule has 0 heterocycles. The van der Waals surface area contributed by atoms with E-state index in [0.29, 0.717) is 12.8 Å². The van der Waals surface area contributed by atoms with Crippen molar-refractivity contribution < 1.29 is 47.8 Å². The first-order valence-corrected chi connectivity index (χ1v) is 23.4. The lowest BCUT2D eigenvalue weighted by atomic mass is 10.1. The van der Waals surface area contributed by atoms with Gasteiger partial charge in [-0.1, -0.05) is 138 Å². The second-order valence-corrected chi connectivity index (χ2v) is 15.8. The lowest BCUT2D eigenvalue weighted by Gasteiger charge is -2.20. The number of carbonyl (C=O) groups is 2. The van der Waals surface area contributed by atoms with Gasteiger partial charge in [0.25, 0.3) is 0 Å². The van der Waals surface area contributed by atoms with Gasteiger partial charge in [-0.15, -0.1) is 0 Å². The van der Waals surface area contributed by atoms with Crippen molar-refractivity contribution in [1.29, 1.82) is 0 Å². The highest BCUT2D eigenvalue weighted by Gasteiger charge is 2.27. The average Bonchev–Trinajstić information content (AvgIpc) is 3.20. The van der Waals surface area contributed by atoms with Crippen LogP contribution in [-0.2, 0) is 32.7 Å². The molecule has 0 radical (unpaired) electrons. The Bertz CT molecular complexity index is 1180. The van der Waals surface area contributed by atoms with Gasteiger partial charge in [0.05, 0.1) is 19.8 Å². The third-order valence-electron chi connectivity index (χ3n) is 8.83. The Labute approximate surface area is 346 Å². The van der Waals surface area contributed by atoms with Crippen LogP contribution >= 0.6 is 7.82 Å². The van der Waals surface area contributed by atoms with E-state index >= 15 is 0 Å². The molecular formula is C46H79O10P. The van der Waals surface area contributed by atoms with Crippen LogP contribution in [0.4, 0.5) is 0 Å². The molecule has 57 heavy (non-hydrogen) atoms. The van der Waals surface area contributed by atoms with Crippen LogP contribution in [0.2, 0.25) is 0 Å². The molecule has 1 unspecified atom stereocenters. The first-order valence-electron chi connectivity index (χ1n) is 21.9. The zero-order valence-electron chi connectivity index (χ0n) is 35.5. The minimum Gasteiger partial charge on any atom is -0.462 e. The number of phosphoric acid groups is 1. The number of phosphoric ester groups is 1. The molecule has 0 fully saturated rings. The van der Waals surface area contributed by atoms with Gasteiger partial charge in [0.15, 0.2) is 6.10 Å². The topological polar surface area (TPSA) is 149 Å². The van der Waals surface area contributed by atoms with Crippen LogP contribution in [0.5, 0.6) is 0 Å². The van der Waals surface area contributed by atoms with Crippen LogP contribution in [0.15, 0.2) is 72.9 Å². The summed E-state index contributed by atoms with van der Waals surface area (Å²) in [6.45, 7) is 2.26. The van der Waals surface area contributed by atoms with E-state index in [-0.39, 0.29) is 19.4 Å². The molecule has 0 aliphatic heterocycles. The summed E-state index contributed by atoms with van der Waals surface area (Å²) >= 11 is 0. The summed E-state index contributed by atoms with van der Waals surface area (Å²) in [5.41, 5.74) is 0. The summed E-state index contributed by atoms with van der Waals surface area (Å²) in [5.74, 6) is -0.983. The summed E-state index contributed by atoms with van der Waals surface area (Å²) in [6.07, 6.45) is 47.2. The Balaban J connectivity index is 4.40. The second-order valence-electron chi connectivity index (χ2n) is 14.4. The molecule has 0 aromatic rings. The molecule has 10 nitrogen and oxygen atoms in total. The Morgan fingerprint density at radius 2 is 0.912 bits per heavy atom. The highest BCUT2D eigenvalue weighted by Crippen LogP contribution is 2.43. The molecule has 0 rings (SSSR count). The average molecular weight is 823 g/mol. The van der Waals surface area contributed by atoms with E-state index in [9.17, 15) is 24.2 Å². The number of ether oxygens (including phenoxy) is 2. The monoisotopic (exact) mass is 823 g/mol. The van der Waals surface area contributed by atoms with Gasteiger partial charge in [-0.2, -0.15) is 0 Å². The van der Waals surface area contributed by atoms with E-state index in [0.717, 1.165) is 83.5 Å². The van der Waals surface area contributed by atoms with E-state index in [1.54, 1.807) is 0 Å². The normalized spacial score (nSPS) is 14.5. The third-order valence-corrected chi connectivity index (χ3v) is 9.78. The number of aliphatic hydroxyl groups is 2. The van der Waals surface area contributed by atoms with Crippen molar-refractivity contribution in [3.8, 4) is 0 Å². The number of unbranched alkanes of at least 4 members (excludes halogenated alkanes) is 14. The van der Waals surface area contributed by atoms with Gasteiger partial charge < -0.3 is 24.6 Å². The highest BCUT2D eigenvalue weighted by atomic mass is 31.2. The predicted octanol–water partition coefficient (Wildman–Crippen LogP) is 11.7. The number of hydrogen-bond donors (Lipinski definition) is 3. The molecule has 0 aliphatic rings. The smallest absolute Gasteiger partial charge is 0.462 e. The summed E-state index contributed by atoms with van der Waals surface area (Å²) in [4.78, 5) is 35.0. The van der Waals surface area contributed by atoms with E-state index < -0.39 is 51.8 Å². The maximum Gasteiger partial charge on any atom is 0.472 e. The maximum absolute atomic E-state index is 12.6. The largest absolute Gasteiger partial charge is 0.472 e. The quantitative estimate of drug-likeness (QED) is 0.0236. The molecule has 0 aliphatic carbocycles. The molecule has 328 valence electrons. The van der Waals surface area contributed by atoms with Crippen LogP contribution in [-0.4, -0.2) is 65.7 Å². The van der Waals surface area contributed by atoms with E-state index in [4.69, 9.17) is 19.1 Å². The van der Waals surface area contributed by atoms with Gasteiger partial charge in [0, 0.05) is 12.8 Å². The molecule has 0 bridgehead atoms. The molecule has 3 atom stereocenters. The number of rotatable bonds is 40. The SMILES string of the molecule is CCCCC/C=C/C/C=C/C/C=C/C/C=C/CCCCCC(=O)O[C@H](COC(=O)CCCCCCC/C=C/C/C=C/CCCCC)COP(=O)(O)OC[C@@H](O)CO. The zero-order chi connectivity index (χ0) is 41.9. The van der Waals surface area contributed by atoms with Crippen LogP contribution in [0, 0.1) is 0 Å². The fraction of sp³-hybridized carbons (Fsp3) is 0.696. The number of esters is 2. The molecule has 0 amide bonds. The van der Waals surface area contributed by atoms with Crippen molar-refractivity contribution in [1.82, 2.24) is 0 Å². The van der Waals surface area contributed by atoms with Crippen molar-refractivity contribution in [3.63, 3.8) is 0 Å². The summed E-state index contributed by atoms with van der Waals surface area (Å²) in [6, 6.07) is 0. The van der Waals surface area contributed by atoms with Gasteiger partial charge >= 0.3 is 19.8 Å². The summed E-state index contributed by atoms with van der Waals surface area (Å²) < 4.78 is 32.7. The lowest BCUT2D eigenvalue weighted by molar-refractivity contribution is -0.161. The maximum atomic E-state index is 12.6. The molecule has 3 N–H and O–H groups in total. The van der Waals surface area contributed by atoms with Gasteiger partial charge in [-0.05, 0) is 89.9 Å². The Hall–Kier alpha value is -2.59. The fourth-order valence-corrected chi connectivity index (χ4v) is 6.21. The summed E-state index contributed by atoms with van der Waals surface area (Å²) in [5, 5.41) is 18.3. The first kappa shape index (κ1) is 54.4. The van der Waals surface area contributed by atoms with Gasteiger partial charge in [0.2, 0.25) is 0 Å². The minimum atomic E-state index is -4.63. The molecule has 0 aromatic heterocycles. The van der Waals surface area contributed by atoms with Crippen LogP contribution < -0.4 is 0 Å².